The van der Waals surface area contributed by atoms with Gasteiger partial charge in [-0.15, -0.1) is 11.3 Å². The normalized spacial score (nSPS) is 21.6. The number of nitrogens with zero attached hydrogens (tertiary/aromatic N) is 2. The molecule has 3 heterocycles. The molecule has 6 aromatic carbocycles. The lowest BCUT2D eigenvalue weighted by molar-refractivity contribution is 0.332. The molecule has 0 amide bonds. The van der Waals surface area contributed by atoms with Crippen molar-refractivity contribution < 1.29 is 4.11 Å². The molecule has 0 saturated heterocycles. The zero-order chi connectivity index (χ0) is 51.4. The Hall–Kier alpha value is -4.80. The molecule has 2 aliphatic heterocycles. The van der Waals surface area contributed by atoms with Gasteiger partial charge in [-0.1, -0.05) is 146 Å². The first-order valence-electron chi connectivity index (χ1n) is 27.7. The Kier molecular flexibility index (Phi) is 8.63. The molecule has 0 spiro atoms. The van der Waals surface area contributed by atoms with Gasteiger partial charge in [0.05, 0.1) is 10.4 Å². The van der Waals surface area contributed by atoms with Crippen molar-refractivity contribution in [2.75, 3.05) is 9.80 Å². The number of rotatable bonds is 2. The molecule has 0 atom stereocenters. The molecule has 69 heavy (non-hydrogen) atoms. The smallest absolute Gasteiger partial charge is 0.252 e. The molecule has 2 nitrogen and oxygen atoms in total. The second-order valence-electron chi connectivity index (χ2n) is 27.2. The van der Waals surface area contributed by atoms with Crippen LogP contribution in [-0.4, -0.2) is 6.71 Å². The monoisotopic (exact) mass is 930 g/mol. The number of thiophene rings is 1. The minimum Gasteiger partial charge on any atom is -0.311 e. The average molecular weight is 930 g/mol. The number of anilines is 6. The fourth-order valence-electron chi connectivity index (χ4n) is 13.8. The van der Waals surface area contributed by atoms with Gasteiger partial charge in [0, 0.05) is 48.0 Å². The summed E-state index contributed by atoms with van der Waals surface area (Å²) in [4.78, 5) is 5.03. The largest absolute Gasteiger partial charge is 0.311 e. The first kappa shape index (κ1) is 41.9. The first-order valence-corrected chi connectivity index (χ1v) is 27.0. The third-order valence-corrected chi connectivity index (χ3v) is 19.9. The van der Waals surface area contributed by atoms with Crippen molar-refractivity contribution in [3.63, 3.8) is 0 Å². The summed E-state index contributed by atoms with van der Waals surface area (Å²) in [5.74, 6) is 0. The van der Waals surface area contributed by atoms with Gasteiger partial charge in [0.1, 0.15) is 0 Å². The summed E-state index contributed by atoms with van der Waals surface area (Å²) in [6.45, 7) is 33.6. The summed E-state index contributed by atoms with van der Waals surface area (Å²) < 4.78 is 30.4. The minimum atomic E-state index is -2.36. The van der Waals surface area contributed by atoms with Crippen LogP contribution in [0, 0.1) is 6.85 Å². The number of aryl methyl sites for hydroxylation is 1. The van der Waals surface area contributed by atoms with Crippen LogP contribution in [0.4, 0.5) is 34.1 Å². The molecule has 354 valence electrons. The minimum absolute atomic E-state index is 0.0128. The lowest BCUT2D eigenvalue weighted by atomic mass is 9.32. The molecule has 7 aromatic rings. The molecule has 0 radical (unpaired) electrons. The second kappa shape index (κ2) is 14.2. The predicted octanol–water partition coefficient (Wildman–Crippen LogP) is 16.8. The van der Waals surface area contributed by atoms with Crippen molar-refractivity contribution in [1.82, 2.24) is 0 Å². The van der Waals surface area contributed by atoms with Crippen LogP contribution >= 0.6 is 11.3 Å². The lowest BCUT2D eigenvalue weighted by Crippen LogP contribution is -2.62. The fraction of sp³-hybridized carbons (Fsp3) is 0.446. The molecule has 4 heteroatoms. The Bertz CT molecular complexity index is 3480. The molecule has 0 fully saturated rings. The van der Waals surface area contributed by atoms with Crippen LogP contribution in [0.5, 0.6) is 0 Å². The van der Waals surface area contributed by atoms with Crippen molar-refractivity contribution in [1.29, 1.82) is 0 Å². The summed E-state index contributed by atoms with van der Waals surface area (Å²) in [6, 6.07) is 35.6. The maximum atomic E-state index is 9.30. The van der Waals surface area contributed by atoms with E-state index in [-0.39, 0.29) is 44.6 Å². The van der Waals surface area contributed by atoms with Gasteiger partial charge in [-0.3, -0.25) is 0 Å². The van der Waals surface area contributed by atoms with Gasteiger partial charge in [-0.2, -0.15) is 0 Å². The number of hydrogen-bond acceptors (Lipinski definition) is 3. The van der Waals surface area contributed by atoms with Crippen LogP contribution in [0.15, 0.2) is 91.0 Å². The van der Waals surface area contributed by atoms with E-state index in [1.807, 2.05) is 11.3 Å². The van der Waals surface area contributed by atoms with Gasteiger partial charge in [0.25, 0.3) is 6.71 Å². The summed E-state index contributed by atoms with van der Waals surface area (Å²) in [7, 11) is 0. The van der Waals surface area contributed by atoms with Gasteiger partial charge in [-0.25, -0.2) is 0 Å². The molecule has 0 saturated carbocycles. The molecule has 0 N–H and O–H groups in total. The van der Waals surface area contributed by atoms with Crippen molar-refractivity contribution in [3.05, 3.63) is 136 Å². The highest BCUT2D eigenvalue weighted by atomic mass is 32.1. The van der Waals surface area contributed by atoms with E-state index in [0.29, 0.717) is 5.56 Å². The zero-order valence-electron chi connectivity index (χ0n) is 47.3. The maximum Gasteiger partial charge on any atom is 0.252 e. The summed E-state index contributed by atoms with van der Waals surface area (Å²) in [5.41, 5.74) is 20.5. The molecule has 0 unspecified atom stereocenters. The van der Waals surface area contributed by atoms with Gasteiger partial charge in [-0.05, 0) is 193 Å². The lowest BCUT2D eigenvalue weighted by Gasteiger charge is -2.49. The van der Waals surface area contributed by atoms with E-state index in [1.165, 1.54) is 86.9 Å². The maximum absolute atomic E-state index is 9.30. The van der Waals surface area contributed by atoms with Crippen LogP contribution in [0.2, 0.25) is 0 Å². The van der Waals surface area contributed by atoms with E-state index in [2.05, 4.69) is 205 Å². The van der Waals surface area contributed by atoms with Gasteiger partial charge >= 0.3 is 0 Å². The average Bonchev–Trinajstić information content (AvgIpc) is 3.68. The zero-order valence-corrected chi connectivity index (χ0v) is 45.1. The third kappa shape index (κ3) is 6.54. The van der Waals surface area contributed by atoms with Crippen LogP contribution in [0.3, 0.4) is 0 Å². The number of benzene rings is 6. The molecule has 0 bridgehead atoms. The van der Waals surface area contributed by atoms with Crippen molar-refractivity contribution in [2.45, 2.75) is 187 Å². The molecule has 5 aliphatic rings. The second-order valence-corrected chi connectivity index (χ2v) is 28.2. The van der Waals surface area contributed by atoms with Gasteiger partial charge in [0.15, 0.2) is 0 Å². The topological polar surface area (TPSA) is 6.48 Å². The fourth-order valence-corrected chi connectivity index (χ4v) is 15.0. The highest BCUT2D eigenvalue weighted by Crippen LogP contribution is 2.55. The van der Waals surface area contributed by atoms with E-state index < -0.39 is 6.85 Å². The first-order chi connectivity index (χ1) is 33.4. The van der Waals surface area contributed by atoms with Crippen molar-refractivity contribution in [2.24, 2.45) is 0 Å². The quantitative estimate of drug-likeness (QED) is 0.159. The molecule has 12 rings (SSSR count). The summed E-state index contributed by atoms with van der Waals surface area (Å²) >= 11 is 1.87. The van der Waals surface area contributed by atoms with Gasteiger partial charge in [0.2, 0.25) is 0 Å². The van der Waals surface area contributed by atoms with Crippen molar-refractivity contribution >= 4 is 88.7 Å². The van der Waals surface area contributed by atoms with E-state index in [1.54, 1.807) is 0 Å². The highest BCUT2D eigenvalue weighted by Gasteiger charge is 2.49. The van der Waals surface area contributed by atoms with Crippen molar-refractivity contribution in [3.8, 4) is 0 Å². The van der Waals surface area contributed by atoms with Crippen LogP contribution in [0.25, 0.3) is 20.2 Å². The van der Waals surface area contributed by atoms with E-state index in [0.717, 1.165) is 61.3 Å². The van der Waals surface area contributed by atoms with Crippen LogP contribution in [0.1, 0.15) is 191 Å². The van der Waals surface area contributed by atoms with Crippen LogP contribution in [-0.2, 0) is 37.9 Å². The molecule has 3 aliphatic carbocycles. The predicted molar refractivity (Wildman–Crippen MR) is 303 cm³/mol. The molecular formula is C65H75BN2S. The van der Waals surface area contributed by atoms with E-state index in [9.17, 15) is 4.11 Å². The summed E-state index contributed by atoms with van der Waals surface area (Å²) in [6.07, 6.45) is 6.70. The summed E-state index contributed by atoms with van der Waals surface area (Å²) in [5, 5.41) is 2.50. The Balaban J connectivity index is 1.25. The molecular weight excluding hydrogens is 852 g/mol. The Labute approximate surface area is 423 Å². The highest BCUT2D eigenvalue weighted by molar-refractivity contribution is 7.26. The van der Waals surface area contributed by atoms with Crippen LogP contribution < -0.4 is 26.2 Å². The molecule has 1 aromatic heterocycles. The number of fused-ring (bicyclic) bond motifs is 10. The van der Waals surface area contributed by atoms with E-state index >= 15 is 0 Å². The Morgan fingerprint density at radius 1 is 0.478 bits per heavy atom. The Morgan fingerprint density at radius 2 is 0.971 bits per heavy atom. The number of hydrogen-bond donors (Lipinski definition) is 0. The Morgan fingerprint density at radius 3 is 1.51 bits per heavy atom. The third-order valence-electron chi connectivity index (χ3n) is 18.7. The SMILES string of the molecule is [2H]C([2H])([2H])c1cc2c3c(c1)N(c1cccc4c1sc1cc(C(C)(C)C)ccc14)c1cc4c(cc1B3c1cc3c(cc1N2c1ccc2c(c1)C(C)(C)CCC2(C)C)C(C)(C)CCC3(C)C)C(C)(C)CCC4(C)C. The standard InChI is InChI=1S/C65H75BN2S/c1-38-30-54-57-55(31-38)68(51-19-17-18-42-41-22-20-39(59(2,3)4)32-56(41)69-58(42)51)53-37-48-46(63(11,12)27-29-65(48,15)16)35-50(53)66(57)49-34-45-47(64(13,14)28-26-62(45,9)10)36-52(49)67(54)40-21-23-43-44(33-40)61(7,8)25-24-60(43,5)6/h17-23,30-37H,24-29H2,1-16H3/i1D3. The van der Waals surface area contributed by atoms with Gasteiger partial charge < -0.3 is 9.80 Å². The van der Waals surface area contributed by atoms with E-state index in [4.69, 9.17) is 0 Å².